The van der Waals surface area contributed by atoms with E-state index >= 15 is 0 Å². The Kier molecular flexibility index (Phi) is 11.0. The van der Waals surface area contributed by atoms with Crippen LogP contribution in [0, 0.1) is 11.6 Å². The van der Waals surface area contributed by atoms with Crippen LogP contribution < -0.4 is 15.4 Å². The molecule has 0 saturated heterocycles. The Morgan fingerprint density at radius 2 is 1.44 bits per heavy atom. The van der Waals surface area contributed by atoms with Gasteiger partial charge in [-0.2, -0.15) is 0 Å². The summed E-state index contributed by atoms with van der Waals surface area (Å²) in [6, 6.07) is 0.908. The number of hydrogen-bond acceptors (Lipinski definition) is 8. The van der Waals surface area contributed by atoms with Crippen LogP contribution in [0.2, 0.25) is 0 Å². The zero-order valence-corrected chi connectivity index (χ0v) is 14.2. The van der Waals surface area contributed by atoms with Gasteiger partial charge in [0.25, 0.3) is 0 Å². The van der Waals surface area contributed by atoms with Gasteiger partial charge in [-0.25, -0.2) is 14.7 Å². The van der Waals surface area contributed by atoms with Crippen molar-refractivity contribution in [3.8, 4) is 11.5 Å². The van der Waals surface area contributed by atoms with Gasteiger partial charge in [0, 0.05) is 19.8 Å². The molecule has 0 aliphatic carbocycles. The molecule has 0 amide bonds. The molecule has 25 heavy (non-hydrogen) atoms. The van der Waals surface area contributed by atoms with Crippen molar-refractivity contribution >= 4 is 0 Å². The fraction of sp³-hybridized carbons (Fsp3) is 0.600. The highest BCUT2D eigenvalue weighted by Gasteiger charge is 2.22. The third-order valence-electron chi connectivity index (χ3n) is 2.88. The molecule has 0 fully saturated rings. The Morgan fingerprint density at radius 1 is 0.880 bits per heavy atom. The van der Waals surface area contributed by atoms with Gasteiger partial charge in [0.05, 0.1) is 33.0 Å². The van der Waals surface area contributed by atoms with E-state index in [2.05, 4.69) is 4.84 Å². The average Bonchev–Trinajstić information content (AvgIpc) is 2.60. The first kappa shape index (κ1) is 21.5. The van der Waals surface area contributed by atoms with Crippen LogP contribution in [0.5, 0.6) is 11.5 Å². The molecule has 8 nitrogen and oxygen atoms in total. The lowest BCUT2D eigenvalue weighted by molar-refractivity contribution is -0.0236. The van der Waals surface area contributed by atoms with Crippen molar-refractivity contribution in [2.45, 2.75) is 6.61 Å². The van der Waals surface area contributed by atoms with Gasteiger partial charge in [0.2, 0.25) is 11.5 Å². The van der Waals surface area contributed by atoms with Crippen LogP contribution in [-0.2, 0) is 30.4 Å². The topological polar surface area (TPSA) is 90.6 Å². The number of halogens is 2. The second-order valence-corrected chi connectivity index (χ2v) is 4.63. The van der Waals surface area contributed by atoms with E-state index in [-0.39, 0.29) is 39.0 Å². The first-order chi connectivity index (χ1) is 12.2. The number of nitrogens with two attached hydrogens (primary N) is 1. The van der Waals surface area contributed by atoms with E-state index in [9.17, 15) is 8.78 Å². The van der Waals surface area contributed by atoms with Crippen LogP contribution in [0.4, 0.5) is 8.78 Å². The van der Waals surface area contributed by atoms with E-state index in [0.29, 0.717) is 13.2 Å². The first-order valence-electron chi connectivity index (χ1n) is 7.37. The summed E-state index contributed by atoms with van der Waals surface area (Å²) < 4.78 is 58.7. The smallest absolute Gasteiger partial charge is 0.203 e. The van der Waals surface area contributed by atoms with Crippen molar-refractivity contribution in [2.24, 2.45) is 5.90 Å². The zero-order valence-electron chi connectivity index (χ0n) is 14.2. The maximum absolute atomic E-state index is 14.5. The van der Waals surface area contributed by atoms with Gasteiger partial charge in [-0.1, -0.05) is 0 Å². The summed E-state index contributed by atoms with van der Waals surface area (Å²) in [7, 11) is 3.01. The van der Waals surface area contributed by atoms with Gasteiger partial charge in [0.1, 0.15) is 0 Å². The standard InChI is InChI=1S/C15H23F2NO7/c1-19-3-5-21-9-23-14-12(16)7-11(8-25-18)13(17)15(14)24-10-22-6-4-20-2/h7H,3-6,8-10,18H2,1-2H3. The molecule has 0 spiro atoms. The molecule has 2 N–H and O–H groups in total. The van der Waals surface area contributed by atoms with Crippen LogP contribution in [0.25, 0.3) is 0 Å². The maximum atomic E-state index is 14.5. The maximum Gasteiger partial charge on any atom is 0.203 e. The molecule has 1 rings (SSSR count). The average molecular weight is 367 g/mol. The van der Waals surface area contributed by atoms with E-state index in [1.807, 2.05) is 0 Å². The SMILES string of the molecule is COCCOCOc1c(F)cc(CON)c(F)c1OCOCCOC. The molecular formula is C15H23F2NO7. The molecule has 0 aliphatic heterocycles. The predicted molar refractivity (Wildman–Crippen MR) is 82.0 cm³/mol. The summed E-state index contributed by atoms with van der Waals surface area (Å²) in [5, 5.41) is 0. The molecule has 0 aromatic heterocycles. The Morgan fingerprint density at radius 3 is 1.96 bits per heavy atom. The lowest BCUT2D eigenvalue weighted by Gasteiger charge is -2.16. The minimum absolute atomic E-state index is 0.125. The monoisotopic (exact) mass is 367 g/mol. The highest BCUT2D eigenvalue weighted by molar-refractivity contribution is 5.45. The molecule has 0 heterocycles. The van der Waals surface area contributed by atoms with Crippen molar-refractivity contribution in [3.63, 3.8) is 0 Å². The molecule has 10 heteroatoms. The number of methoxy groups -OCH3 is 2. The zero-order chi connectivity index (χ0) is 18.5. The molecular weight excluding hydrogens is 344 g/mol. The fourth-order valence-corrected chi connectivity index (χ4v) is 1.70. The second kappa shape index (κ2) is 12.8. The first-order valence-corrected chi connectivity index (χ1v) is 7.37. The predicted octanol–water partition coefficient (Wildman–Crippen LogP) is 1.35. The van der Waals surface area contributed by atoms with Crippen LogP contribution in [0.1, 0.15) is 5.56 Å². The Labute approximate surface area is 144 Å². The molecule has 0 unspecified atom stereocenters. The van der Waals surface area contributed by atoms with E-state index in [1.54, 1.807) is 0 Å². The third kappa shape index (κ3) is 7.46. The largest absolute Gasteiger partial charge is 0.460 e. The van der Waals surface area contributed by atoms with E-state index in [1.165, 1.54) is 14.2 Å². The van der Waals surface area contributed by atoms with Crippen molar-refractivity contribution < 1.29 is 42.0 Å². The summed E-state index contributed by atoms with van der Waals surface area (Å²) in [5.41, 5.74) is -0.125. The van der Waals surface area contributed by atoms with Gasteiger partial charge in [-0.3, -0.25) is 4.84 Å². The second-order valence-electron chi connectivity index (χ2n) is 4.63. The van der Waals surface area contributed by atoms with E-state index < -0.39 is 23.1 Å². The fourth-order valence-electron chi connectivity index (χ4n) is 1.70. The minimum atomic E-state index is -0.867. The van der Waals surface area contributed by atoms with E-state index in [0.717, 1.165) is 6.07 Å². The normalized spacial score (nSPS) is 10.9. The molecule has 0 saturated carbocycles. The van der Waals surface area contributed by atoms with Crippen molar-refractivity contribution in [3.05, 3.63) is 23.3 Å². The number of ether oxygens (including phenoxy) is 6. The minimum Gasteiger partial charge on any atom is -0.460 e. The number of benzene rings is 1. The quantitative estimate of drug-likeness (QED) is 0.299. The van der Waals surface area contributed by atoms with Crippen LogP contribution in [0.15, 0.2) is 6.07 Å². The summed E-state index contributed by atoms with van der Waals surface area (Å²) in [4.78, 5) is 4.35. The van der Waals surface area contributed by atoms with E-state index in [4.69, 9.17) is 34.3 Å². The van der Waals surface area contributed by atoms with Crippen molar-refractivity contribution in [1.82, 2.24) is 0 Å². The van der Waals surface area contributed by atoms with Crippen molar-refractivity contribution in [1.29, 1.82) is 0 Å². The Balaban J connectivity index is 2.81. The molecule has 1 aromatic carbocycles. The summed E-state index contributed by atoms with van der Waals surface area (Å²) >= 11 is 0. The Hall–Kier alpha value is -1.56. The van der Waals surface area contributed by atoms with Gasteiger partial charge in [-0.05, 0) is 6.07 Å². The molecule has 144 valence electrons. The lowest BCUT2D eigenvalue weighted by atomic mass is 10.2. The van der Waals surface area contributed by atoms with Crippen molar-refractivity contribution in [2.75, 3.05) is 54.2 Å². The van der Waals surface area contributed by atoms with Gasteiger partial charge in [-0.15, -0.1) is 0 Å². The summed E-state index contributed by atoms with van der Waals surface area (Å²) in [6.45, 7) is 0.148. The van der Waals surface area contributed by atoms with Crippen LogP contribution >= 0.6 is 0 Å². The Bertz CT molecular complexity index is 505. The van der Waals surface area contributed by atoms with Gasteiger partial charge >= 0.3 is 0 Å². The summed E-state index contributed by atoms with van der Waals surface area (Å²) in [6.07, 6.45) is 0. The lowest BCUT2D eigenvalue weighted by Crippen LogP contribution is -2.13. The molecule has 0 atom stereocenters. The van der Waals surface area contributed by atoms with Gasteiger partial charge < -0.3 is 28.4 Å². The highest BCUT2D eigenvalue weighted by atomic mass is 19.1. The number of hydrogen-bond donors (Lipinski definition) is 1. The van der Waals surface area contributed by atoms with Crippen LogP contribution in [0.3, 0.4) is 0 Å². The molecule has 1 aromatic rings. The van der Waals surface area contributed by atoms with Crippen LogP contribution in [-0.4, -0.2) is 54.2 Å². The van der Waals surface area contributed by atoms with Gasteiger partial charge in [0.15, 0.2) is 25.2 Å². The number of rotatable bonds is 14. The summed E-state index contributed by atoms with van der Waals surface area (Å²) in [5.74, 6) is 2.30. The molecule has 0 radical (unpaired) electrons. The third-order valence-corrected chi connectivity index (χ3v) is 2.88. The molecule has 0 aliphatic rings. The molecule has 0 bridgehead atoms. The highest BCUT2D eigenvalue weighted by Crippen LogP contribution is 2.36.